The molecule has 0 saturated heterocycles. The fourth-order valence-electron chi connectivity index (χ4n) is 3.48. The Morgan fingerprint density at radius 3 is 2.76 bits per heavy atom. The Morgan fingerprint density at radius 2 is 2.03 bits per heavy atom. The number of methoxy groups -OCH3 is 1. The first-order valence-electron chi connectivity index (χ1n) is 8.89. The molecule has 1 aliphatic carbocycles. The summed E-state index contributed by atoms with van der Waals surface area (Å²) in [7, 11) is 1.54. The third kappa shape index (κ3) is 3.72. The Labute approximate surface area is 164 Å². The van der Waals surface area contributed by atoms with Crippen LogP contribution in [0.25, 0.3) is 0 Å². The van der Waals surface area contributed by atoms with Crippen molar-refractivity contribution in [3.05, 3.63) is 47.5 Å². The largest absolute Gasteiger partial charge is 0.496 e. The molecule has 2 N–H and O–H groups in total. The van der Waals surface area contributed by atoms with Crippen LogP contribution >= 0.6 is 0 Å². The number of nitrogens with one attached hydrogen (secondary N) is 2. The fourth-order valence-corrected chi connectivity index (χ4v) is 3.48. The van der Waals surface area contributed by atoms with Crippen LogP contribution < -0.4 is 20.1 Å². The summed E-state index contributed by atoms with van der Waals surface area (Å²) in [5.41, 5.74) is -0.354. The maximum atomic E-state index is 13.2. The Balaban J connectivity index is 1.59. The Hall–Kier alpha value is -3.23. The number of carbonyl (C=O) groups is 2. The minimum absolute atomic E-state index is 0.0143. The fraction of sp³-hybridized carbons (Fsp3) is 0.300. The first-order chi connectivity index (χ1) is 13.8. The highest BCUT2D eigenvalue weighted by Crippen LogP contribution is 2.51. The van der Waals surface area contributed by atoms with Gasteiger partial charge in [-0.1, -0.05) is 18.2 Å². The van der Waals surface area contributed by atoms with Crippen molar-refractivity contribution in [2.75, 3.05) is 24.4 Å². The van der Waals surface area contributed by atoms with Gasteiger partial charge in [-0.25, -0.2) is 0 Å². The van der Waals surface area contributed by atoms with Crippen LogP contribution in [0.1, 0.15) is 23.5 Å². The van der Waals surface area contributed by atoms with Gasteiger partial charge in [-0.2, -0.15) is 13.2 Å². The molecule has 6 nitrogen and oxygen atoms in total. The van der Waals surface area contributed by atoms with E-state index in [9.17, 15) is 22.8 Å². The average molecular weight is 406 g/mol. The highest BCUT2D eigenvalue weighted by Gasteiger charge is 2.45. The number of amides is 2. The van der Waals surface area contributed by atoms with Gasteiger partial charge in [0.1, 0.15) is 5.75 Å². The van der Waals surface area contributed by atoms with Crippen LogP contribution in [0, 0.1) is 5.92 Å². The van der Waals surface area contributed by atoms with Gasteiger partial charge in [-0.3, -0.25) is 9.59 Å². The smallest absolute Gasteiger partial charge is 0.416 e. The lowest BCUT2D eigenvalue weighted by Gasteiger charge is -2.23. The predicted molar refractivity (Wildman–Crippen MR) is 98.0 cm³/mol. The molecule has 2 aromatic rings. The van der Waals surface area contributed by atoms with E-state index >= 15 is 0 Å². The number of rotatable bonds is 4. The molecule has 2 atom stereocenters. The normalized spacial score (nSPS) is 20.2. The second kappa shape index (κ2) is 6.98. The van der Waals surface area contributed by atoms with Gasteiger partial charge in [0.25, 0.3) is 5.91 Å². The van der Waals surface area contributed by atoms with Crippen molar-refractivity contribution < 1.29 is 32.2 Å². The van der Waals surface area contributed by atoms with Gasteiger partial charge in [-0.15, -0.1) is 0 Å². The number of hydrogen-bond acceptors (Lipinski definition) is 4. The summed E-state index contributed by atoms with van der Waals surface area (Å²) in [5, 5.41) is 4.89. The maximum absolute atomic E-state index is 13.2. The molecule has 4 rings (SSSR count). The van der Waals surface area contributed by atoms with Gasteiger partial charge in [0, 0.05) is 5.92 Å². The lowest BCUT2D eigenvalue weighted by Crippen LogP contribution is -2.27. The summed E-state index contributed by atoms with van der Waals surface area (Å²) >= 11 is 0. The number of fused-ring (bicyclic) bond motifs is 1. The van der Waals surface area contributed by atoms with Gasteiger partial charge in [0.05, 0.1) is 24.0 Å². The molecule has 152 valence electrons. The Kier molecular flexibility index (Phi) is 4.60. The summed E-state index contributed by atoms with van der Waals surface area (Å²) in [5.74, 6) is -0.769. The van der Waals surface area contributed by atoms with Gasteiger partial charge in [-0.05, 0) is 36.1 Å². The quantitative estimate of drug-likeness (QED) is 0.810. The molecule has 0 radical (unpaired) electrons. The molecule has 1 heterocycles. The molecule has 0 spiro atoms. The number of hydrogen-bond donors (Lipinski definition) is 2. The van der Waals surface area contributed by atoms with Gasteiger partial charge in [0.2, 0.25) is 5.91 Å². The summed E-state index contributed by atoms with van der Waals surface area (Å²) in [6.07, 6.45) is -4.08. The maximum Gasteiger partial charge on any atom is 0.416 e. The summed E-state index contributed by atoms with van der Waals surface area (Å²) in [6, 6.07) is 8.92. The van der Waals surface area contributed by atoms with Crippen LogP contribution in [0.5, 0.6) is 11.5 Å². The third-order valence-corrected chi connectivity index (χ3v) is 4.96. The standard InChI is InChI=1S/C20H17F3N2O4/c1-28-16-5-3-2-4-11(16)12-8-13(12)19(27)25-15-7-10(20(21,22)23)6-14-18(15)29-9-17(26)24-14/h2-7,12-13H,8-9H2,1H3,(H,24,26)(H,25,27)/t12-,13+/m0/s1. The Bertz CT molecular complexity index is 990. The van der Waals surface area contributed by atoms with E-state index in [0.717, 1.165) is 17.7 Å². The molecular weight excluding hydrogens is 389 g/mol. The number of para-hydroxylation sites is 1. The molecule has 0 aromatic heterocycles. The van der Waals surface area contributed by atoms with Crippen molar-refractivity contribution >= 4 is 23.2 Å². The molecule has 1 fully saturated rings. The van der Waals surface area contributed by atoms with E-state index < -0.39 is 29.5 Å². The number of anilines is 2. The Morgan fingerprint density at radius 1 is 1.28 bits per heavy atom. The number of alkyl halides is 3. The van der Waals surface area contributed by atoms with Crippen molar-refractivity contribution in [2.45, 2.75) is 18.5 Å². The summed E-state index contributed by atoms with van der Waals surface area (Å²) in [4.78, 5) is 24.2. The number of carbonyl (C=O) groups excluding carboxylic acids is 2. The lowest BCUT2D eigenvalue weighted by molar-refractivity contribution is -0.137. The molecule has 2 amide bonds. The zero-order valence-corrected chi connectivity index (χ0v) is 15.3. The number of ether oxygens (including phenoxy) is 2. The van der Waals surface area contributed by atoms with E-state index in [0.29, 0.717) is 12.2 Å². The van der Waals surface area contributed by atoms with Crippen molar-refractivity contribution in [1.82, 2.24) is 0 Å². The molecule has 9 heteroatoms. The monoisotopic (exact) mass is 406 g/mol. The van der Waals surface area contributed by atoms with Crippen LogP contribution in [-0.4, -0.2) is 25.5 Å². The van der Waals surface area contributed by atoms with Crippen LogP contribution in [0.15, 0.2) is 36.4 Å². The van der Waals surface area contributed by atoms with E-state index in [4.69, 9.17) is 9.47 Å². The van der Waals surface area contributed by atoms with Crippen LogP contribution in [0.3, 0.4) is 0 Å². The highest BCUT2D eigenvalue weighted by atomic mass is 19.4. The van der Waals surface area contributed by atoms with Crippen molar-refractivity contribution in [2.24, 2.45) is 5.92 Å². The molecule has 29 heavy (non-hydrogen) atoms. The highest BCUT2D eigenvalue weighted by molar-refractivity contribution is 6.01. The number of benzene rings is 2. The third-order valence-electron chi connectivity index (χ3n) is 4.96. The molecule has 2 aliphatic rings. The van der Waals surface area contributed by atoms with Gasteiger partial charge >= 0.3 is 6.18 Å². The molecule has 2 aromatic carbocycles. The average Bonchev–Trinajstić information content (AvgIpc) is 3.47. The minimum Gasteiger partial charge on any atom is -0.496 e. The van der Waals surface area contributed by atoms with Crippen LogP contribution in [0.2, 0.25) is 0 Å². The topological polar surface area (TPSA) is 76.7 Å². The van der Waals surface area contributed by atoms with Gasteiger partial charge in [0.15, 0.2) is 12.4 Å². The van der Waals surface area contributed by atoms with Crippen LogP contribution in [0.4, 0.5) is 24.5 Å². The zero-order chi connectivity index (χ0) is 20.8. The minimum atomic E-state index is -4.64. The van der Waals surface area contributed by atoms with Gasteiger partial charge < -0.3 is 20.1 Å². The van der Waals surface area contributed by atoms with E-state index in [2.05, 4.69) is 10.6 Å². The molecule has 0 unspecified atom stereocenters. The van der Waals surface area contributed by atoms with E-state index in [-0.39, 0.29) is 29.6 Å². The van der Waals surface area contributed by atoms with Crippen molar-refractivity contribution in [3.63, 3.8) is 0 Å². The lowest BCUT2D eigenvalue weighted by atomic mass is 10.1. The van der Waals surface area contributed by atoms with E-state index in [1.807, 2.05) is 18.2 Å². The zero-order valence-electron chi connectivity index (χ0n) is 15.3. The first-order valence-corrected chi connectivity index (χ1v) is 8.89. The van der Waals surface area contributed by atoms with Crippen molar-refractivity contribution in [3.8, 4) is 11.5 Å². The molecule has 1 saturated carbocycles. The van der Waals surface area contributed by atoms with Crippen LogP contribution in [-0.2, 0) is 15.8 Å². The SMILES string of the molecule is COc1ccccc1[C@@H]1C[C@H]1C(=O)Nc1cc(C(F)(F)F)cc2c1OCC(=O)N2. The predicted octanol–water partition coefficient (Wildman–Crippen LogP) is 3.79. The second-order valence-corrected chi connectivity index (χ2v) is 6.91. The van der Waals surface area contributed by atoms with E-state index in [1.165, 1.54) is 7.11 Å². The number of halogens is 3. The second-order valence-electron chi connectivity index (χ2n) is 6.91. The molecule has 0 bridgehead atoms. The van der Waals surface area contributed by atoms with Crippen molar-refractivity contribution in [1.29, 1.82) is 0 Å². The first kappa shape index (κ1) is 19.1. The summed E-state index contributed by atoms with van der Waals surface area (Å²) in [6.45, 7) is -0.339. The molecular formula is C20H17F3N2O4. The summed E-state index contributed by atoms with van der Waals surface area (Å²) < 4.78 is 50.3. The van der Waals surface area contributed by atoms with E-state index in [1.54, 1.807) is 6.07 Å². The molecule has 1 aliphatic heterocycles.